The molecule has 1 amide bonds. The zero-order chi connectivity index (χ0) is 16.2. The van der Waals surface area contributed by atoms with Crippen LogP contribution in [0.25, 0.3) is 0 Å². The van der Waals surface area contributed by atoms with Gasteiger partial charge in [0, 0.05) is 30.4 Å². The predicted octanol–water partition coefficient (Wildman–Crippen LogP) is 3.36. The van der Waals surface area contributed by atoms with Gasteiger partial charge >= 0.3 is 0 Å². The van der Waals surface area contributed by atoms with Crippen LogP contribution in [-0.2, 0) is 0 Å². The quantitative estimate of drug-likeness (QED) is 0.942. The summed E-state index contributed by atoms with van der Waals surface area (Å²) in [6.07, 6.45) is 1.55. The summed E-state index contributed by atoms with van der Waals surface area (Å²) < 4.78 is 26.4. The molecule has 0 spiro atoms. The molecule has 120 valence electrons. The first kappa shape index (κ1) is 15.5. The van der Waals surface area contributed by atoms with E-state index >= 15 is 0 Å². The molecule has 1 saturated heterocycles. The lowest BCUT2D eigenvalue weighted by Gasteiger charge is -2.34. The van der Waals surface area contributed by atoms with E-state index in [1.54, 1.807) is 12.1 Å². The van der Waals surface area contributed by atoms with Crippen LogP contribution in [0.3, 0.4) is 0 Å². The maximum Gasteiger partial charge on any atom is 0.251 e. The van der Waals surface area contributed by atoms with Gasteiger partial charge in [-0.05, 0) is 49.2 Å². The fourth-order valence-electron chi connectivity index (χ4n) is 2.85. The van der Waals surface area contributed by atoms with Gasteiger partial charge in [-0.25, -0.2) is 8.78 Å². The van der Waals surface area contributed by atoms with Crippen molar-refractivity contribution < 1.29 is 13.6 Å². The highest BCUT2D eigenvalue weighted by Crippen LogP contribution is 2.21. The number of amides is 1. The molecule has 1 fully saturated rings. The van der Waals surface area contributed by atoms with Gasteiger partial charge in [-0.15, -0.1) is 0 Å². The normalized spacial score (nSPS) is 15.5. The zero-order valence-electron chi connectivity index (χ0n) is 12.6. The summed E-state index contributed by atoms with van der Waals surface area (Å²) in [7, 11) is 0. The zero-order valence-corrected chi connectivity index (χ0v) is 12.6. The molecule has 2 aromatic rings. The third-order valence-corrected chi connectivity index (χ3v) is 4.09. The highest BCUT2D eigenvalue weighted by molar-refractivity contribution is 5.94. The van der Waals surface area contributed by atoms with E-state index in [-0.39, 0.29) is 17.8 Å². The van der Waals surface area contributed by atoms with Gasteiger partial charge in [-0.1, -0.05) is 12.1 Å². The molecule has 0 radical (unpaired) electrons. The second-order valence-electron chi connectivity index (χ2n) is 5.73. The summed E-state index contributed by atoms with van der Waals surface area (Å²) in [6, 6.07) is 12.2. The fraction of sp³-hybridized carbons (Fsp3) is 0.278. The van der Waals surface area contributed by atoms with E-state index in [4.69, 9.17) is 0 Å². The molecule has 5 heteroatoms. The Morgan fingerprint density at radius 1 is 1.00 bits per heavy atom. The van der Waals surface area contributed by atoms with Crippen molar-refractivity contribution in [3.05, 3.63) is 65.7 Å². The van der Waals surface area contributed by atoms with E-state index in [9.17, 15) is 13.6 Å². The van der Waals surface area contributed by atoms with E-state index in [0.717, 1.165) is 31.6 Å². The number of benzene rings is 2. The summed E-state index contributed by atoms with van der Waals surface area (Å²) in [5.74, 6) is -0.920. The number of carbonyl (C=O) groups is 1. The van der Waals surface area contributed by atoms with Crippen molar-refractivity contribution in [2.24, 2.45) is 0 Å². The summed E-state index contributed by atoms with van der Waals surface area (Å²) in [5, 5.41) is 2.94. The monoisotopic (exact) mass is 316 g/mol. The number of anilines is 1. The lowest BCUT2D eigenvalue weighted by Crippen LogP contribution is -2.44. The number of hydrogen-bond donors (Lipinski definition) is 1. The Labute approximate surface area is 133 Å². The van der Waals surface area contributed by atoms with Crippen LogP contribution in [0, 0.1) is 11.6 Å². The van der Waals surface area contributed by atoms with Gasteiger partial charge in [0.2, 0.25) is 0 Å². The molecule has 0 atom stereocenters. The summed E-state index contributed by atoms with van der Waals surface area (Å²) in [6.45, 7) is 1.50. The van der Waals surface area contributed by atoms with Crippen LogP contribution in [0.5, 0.6) is 0 Å². The standard InChI is InChI=1S/C18H18F2N2O/c19-14-4-1-3-13(11-14)18(23)21-16-7-9-22(10-8-16)17-6-2-5-15(20)12-17/h1-6,11-12,16H,7-10H2,(H,21,23). The Morgan fingerprint density at radius 3 is 2.30 bits per heavy atom. The number of carbonyl (C=O) groups excluding carboxylic acids is 1. The summed E-state index contributed by atoms with van der Waals surface area (Å²) in [5.41, 5.74) is 1.19. The Kier molecular flexibility index (Phi) is 4.55. The average Bonchev–Trinajstić information content (AvgIpc) is 2.55. The van der Waals surface area contributed by atoms with Crippen LogP contribution in [0.4, 0.5) is 14.5 Å². The average molecular weight is 316 g/mol. The molecule has 2 aromatic carbocycles. The van der Waals surface area contributed by atoms with E-state index in [0.29, 0.717) is 5.56 Å². The first-order valence-corrected chi connectivity index (χ1v) is 7.69. The molecule has 1 aliphatic rings. The topological polar surface area (TPSA) is 32.3 Å². The number of piperidine rings is 1. The molecule has 3 rings (SSSR count). The van der Waals surface area contributed by atoms with Gasteiger partial charge in [0.25, 0.3) is 5.91 Å². The lowest BCUT2D eigenvalue weighted by molar-refractivity contribution is 0.0930. The number of nitrogens with zero attached hydrogens (tertiary/aromatic N) is 1. The second kappa shape index (κ2) is 6.77. The number of halogens is 2. The first-order valence-electron chi connectivity index (χ1n) is 7.69. The molecule has 3 nitrogen and oxygen atoms in total. The van der Waals surface area contributed by atoms with E-state index in [2.05, 4.69) is 10.2 Å². The molecule has 0 unspecified atom stereocenters. The van der Waals surface area contributed by atoms with Crippen LogP contribution in [0.15, 0.2) is 48.5 Å². The van der Waals surface area contributed by atoms with Crippen molar-refractivity contribution >= 4 is 11.6 Å². The van der Waals surface area contributed by atoms with Crippen molar-refractivity contribution in [1.82, 2.24) is 5.32 Å². The molecule has 0 aromatic heterocycles. The molecular formula is C18H18F2N2O. The molecule has 1 N–H and O–H groups in total. The van der Waals surface area contributed by atoms with Crippen LogP contribution in [0.1, 0.15) is 23.2 Å². The molecule has 1 heterocycles. The molecule has 0 saturated carbocycles. The minimum atomic E-state index is -0.418. The fourth-order valence-corrected chi connectivity index (χ4v) is 2.85. The van der Waals surface area contributed by atoms with Gasteiger partial charge in [0.1, 0.15) is 11.6 Å². The van der Waals surface area contributed by atoms with Crippen molar-refractivity contribution in [2.45, 2.75) is 18.9 Å². The Hall–Kier alpha value is -2.43. The van der Waals surface area contributed by atoms with Gasteiger partial charge in [0.05, 0.1) is 0 Å². The van der Waals surface area contributed by atoms with Crippen molar-refractivity contribution in [3.8, 4) is 0 Å². The smallest absolute Gasteiger partial charge is 0.251 e. The molecule has 0 bridgehead atoms. The SMILES string of the molecule is O=C(NC1CCN(c2cccc(F)c2)CC1)c1cccc(F)c1. The maximum absolute atomic E-state index is 13.3. The largest absolute Gasteiger partial charge is 0.371 e. The Morgan fingerprint density at radius 2 is 1.65 bits per heavy atom. The maximum atomic E-state index is 13.3. The minimum absolute atomic E-state index is 0.0515. The van der Waals surface area contributed by atoms with E-state index in [1.165, 1.54) is 30.3 Å². The number of rotatable bonds is 3. The van der Waals surface area contributed by atoms with Crippen molar-refractivity contribution in [3.63, 3.8) is 0 Å². The molecule has 23 heavy (non-hydrogen) atoms. The highest BCUT2D eigenvalue weighted by atomic mass is 19.1. The first-order chi connectivity index (χ1) is 11.1. The summed E-state index contributed by atoms with van der Waals surface area (Å²) in [4.78, 5) is 14.2. The molecule has 0 aliphatic carbocycles. The van der Waals surface area contributed by atoms with Crippen LogP contribution < -0.4 is 10.2 Å². The molecular weight excluding hydrogens is 298 g/mol. The van der Waals surface area contributed by atoms with Crippen LogP contribution >= 0.6 is 0 Å². The van der Waals surface area contributed by atoms with Gasteiger partial charge in [-0.2, -0.15) is 0 Å². The second-order valence-corrected chi connectivity index (χ2v) is 5.73. The van der Waals surface area contributed by atoms with Gasteiger partial charge in [-0.3, -0.25) is 4.79 Å². The van der Waals surface area contributed by atoms with Crippen molar-refractivity contribution in [1.29, 1.82) is 0 Å². The van der Waals surface area contributed by atoms with Gasteiger partial charge in [0.15, 0.2) is 0 Å². The Bertz CT molecular complexity index is 697. The molecule has 1 aliphatic heterocycles. The van der Waals surface area contributed by atoms with E-state index in [1.807, 2.05) is 6.07 Å². The highest BCUT2D eigenvalue weighted by Gasteiger charge is 2.21. The van der Waals surface area contributed by atoms with Gasteiger partial charge < -0.3 is 10.2 Å². The lowest BCUT2D eigenvalue weighted by atomic mass is 10.0. The Balaban J connectivity index is 1.56. The third kappa shape index (κ3) is 3.86. The number of nitrogens with one attached hydrogen (secondary N) is 1. The minimum Gasteiger partial charge on any atom is -0.371 e. The number of hydrogen-bond acceptors (Lipinski definition) is 2. The third-order valence-electron chi connectivity index (χ3n) is 4.09. The van der Waals surface area contributed by atoms with Crippen LogP contribution in [0.2, 0.25) is 0 Å². The van der Waals surface area contributed by atoms with Crippen molar-refractivity contribution in [2.75, 3.05) is 18.0 Å². The summed E-state index contributed by atoms with van der Waals surface area (Å²) >= 11 is 0. The van der Waals surface area contributed by atoms with Crippen LogP contribution in [-0.4, -0.2) is 25.0 Å². The predicted molar refractivity (Wildman–Crippen MR) is 85.5 cm³/mol. The van der Waals surface area contributed by atoms with E-state index < -0.39 is 5.82 Å².